The summed E-state index contributed by atoms with van der Waals surface area (Å²) in [5, 5.41) is 23.7. The molecule has 338 valence electrons. The number of esters is 1. The van der Waals surface area contributed by atoms with E-state index in [4.69, 9.17) is 4.74 Å². The van der Waals surface area contributed by atoms with Crippen LogP contribution in [0.25, 0.3) is 0 Å². The fraction of sp³-hybridized carbons (Fsp3) is 0.922. The SMILES string of the molecule is CCCCCCCCCCC/C=C/CCCCCCCC(=O)OC(CCCCCCCCC)CC(=O)NC(CO)C(O)CCCCCCCCCCCCCCC. The van der Waals surface area contributed by atoms with E-state index < -0.39 is 18.2 Å². The summed E-state index contributed by atoms with van der Waals surface area (Å²) in [6.07, 6.45) is 50.0. The van der Waals surface area contributed by atoms with E-state index in [-0.39, 0.29) is 24.9 Å². The third kappa shape index (κ3) is 41.1. The fourth-order valence-corrected chi connectivity index (χ4v) is 7.96. The largest absolute Gasteiger partial charge is 0.462 e. The summed E-state index contributed by atoms with van der Waals surface area (Å²) < 4.78 is 5.89. The summed E-state index contributed by atoms with van der Waals surface area (Å²) in [6, 6.07) is -0.694. The maximum atomic E-state index is 13.1. The van der Waals surface area contributed by atoms with Crippen molar-refractivity contribution in [3.05, 3.63) is 12.2 Å². The molecule has 0 bridgehead atoms. The van der Waals surface area contributed by atoms with E-state index in [1.54, 1.807) is 0 Å². The van der Waals surface area contributed by atoms with Crippen LogP contribution >= 0.6 is 0 Å². The third-order valence-electron chi connectivity index (χ3n) is 11.8. The van der Waals surface area contributed by atoms with E-state index in [1.165, 1.54) is 180 Å². The Balaban J connectivity index is 4.34. The molecule has 0 spiro atoms. The van der Waals surface area contributed by atoms with Crippen molar-refractivity contribution in [1.82, 2.24) is 5.32 Å². The number of carbonyl (C=O) groups is 2. The lowest BCUT2D eigenvalue weighted by Gasteiger charge is -2.24. The van der Waals surface area contributed by atoms with Gasteiger partial charge in [-0.2, -0.15) is 0 Å². The van der Waals surface area contributed by atoms with E-state index in [9.17, 15) is 19.8 Å². The molecule has 3 N–H and O–H groups in total. The minimum Gasteiger partial charge on any atom is -0.462 e. The summed E-state index contributed by atoms with van der Waals surface area (Å²) >= 11 is 0. The highest BCUT2D eigenvalue weighted by Crippen LogP contribution is 2.18. The van der Waals surface area contributed by atoms with Gasteiger partial charge in [0.05, 0.1) is 25.2 Å². The zero-order valence-corrected chi connectivity index (χ0v) is 38.5. The van der Waals surface area contributed by atoms with Gasteiger partial charge < -0.3 is 20.3 Å². The molecule has 0 aromatic rings. The molecule has 0 saturated carbocycles. The van der Waals surface area contributed by atoms with Gasteiger partial charge in [-0.15, -0.1) is 0 Å². The van der Waals surface area contributed by atoms with Crippen molar-refractivity contribution in [2.45, 2.75) is 296 Å². The third-order valence-corrected chi connectivity index (χ3v) is 11.8. The molecule has 6 heteroatoms. The summed E-state index contributed by atoms with van der Waals surface area (Å²) in [4.78, 5) is 26.0. The van der Waals surface area contributed by atoms with Gasteiger partial charge in [0.1, 0.15) is 6.10 Å². The standard InChI is InChI=1S/C51H99NO5/c1-4-7-10-13-16-18-20-22-23-24-25-26-28-30-32-35-38-41-44-51(56)57-47(42-39-36-33-15-12-9-6-3)45-50(55)52-48(46-53)49(54)43-40-37-34-31-29-27-21-19-17-14-11-8-5-2/h25-26,47-49,53-54H,4-24,27-46H2,1-3H3,(H,52,55)/b26-25+. The maximum Gasteiger partial charge on any atom is 0.306 e. The molecule has 0 heterocycles. The monoisotopic (exact) mass is 806 g/mol. The summed E-state index contributed by atoms with van der Waals surface area (Å²) in [6.45, 7) is 6.47. The highest BCUT2D eigenvalue weighted by Gasteiger charge is 2.24. The Morgan fingerprint density at radius 3 is 1.25 bits per heavy atom. The van der Waals surface area contributed by atoms with E-state index in [0.29, 0.717) is 19.3 Å². The fourth-order valence-electron chi connectivity index (χ4n) is 7.96. The van der Waals surface area contributed by atoms with Crippen molar-refractivity contribution in [2.24, 2.45) is 0 Å². The van der Waals surface area contributed by atoms with Gasteiger partial charge in [0, 0.05) is 6.42 Å². The Labute approximate surface area is 355 Å². The molecule has 0 saturated heterocycles. The van der Waals surface area contributed by atoms with Crippen LogP contribution in [-0.4, -0.2) is 46.9 Å². The number of unbranched alkanes of at least 4 members (excludes halogenated alkanes) is 32. The second kappa shape index (κ2) is 45.7. The summed E-state index contributed by atoms with van der Waals surface area (Å²) in [5.41, 5.74) is 0. The van der Waals surface area contributed by atoms with E-state index in [2.05, 4.69) is 38.2 Å². The molecule has 0 aliphatic heterocycles. The number of rotatable bonds is 46. The zero-order valence-electron chi connectivity index (χ0n) is 38.5. The Morgan fingerprint density at radius 2 is 0.842 bits per heavy atom. The second-order valence-corrected chi connectivity index (χ2v) is 17.6. The number of ether oxygens (including phenoxy) is 1. The van der Waals surface area contributed by atoms with E-state index >= 15 is 0 Å². The first kappa shape index (κ1) is 55.6. The zero-order chi connectivity index (χ0) is 41.7. The van der Waals surface area contributed by atoms with Crippen molar-refractivity contribution >= 4 is 11.9 Å². The average Bonchev–Trinajstić information content (AvgIpc) is 3.20. The average molecular weight is 806 g/mol. The molecule has 3 atom stereocenters. The number of hydrogen-bond donors (Lipinski definition) is 3. The topological polar surface area (TPSA) is 95.9 Å². The van der Waals surface area contributed by atoms with Crippen LogP contribution in [0.3, 0.4) is 0 Å². The van der Waals surface area contributed by atoms with Crippen molar-refractivity contribution in [3.8, 4) is 0 Å². The molecule has 0 aliphatic rings. The number of allylic oxidation sites excluding steroid dienone is 2. The van der Waals surface area contributed by atoms with Crippen molar-refractivity contribution in [3.63, 3.8) is 0 Å². The van der Waals surface area contributed by atoms with Gasteiger partial charge in [0.15, 0.2) is 0 Å². The predicted molar refractivity (Wildman–Crippen MR) is 246 cm³/mol. The summed E-state index contributed by atoms with van der Waals surface area (Å²) in [5.74, 6) is -0.474. The maximum absolute atomic E-state index is 13.1. The quantitative estimate of drug-likeness (QED) is 0.0323. The lowest BCUT2D eigenvalue weighted by molar-refractivity contribution is -0.151. The van der Waals surface area contributed by atoms with Gasteiger partial charge in [0.25, 0.3) is 0 Å². The van der Waals surface area contributed by atoms with Gasteiger partial charge in [-0.3, -0.25) is 9.59 Å². The Morgan fingerprint density at radius 1 is 0.491 bits per heavy atom. The lowest BCUT2D eigenvalue weighted by atomic mass is 10.0. The van der Waals surface area contributed by atoms with Gasteiger partial charge >= 0.3 is 5.97 Å². The van der Waals surface area contributed by atoms with Crippen LogP contribution in [0.15, 0.2) is 12.2 Å². The summed E-state index contributed by atoms with van der Waals surface area (Å²) in [7, 11) is 0. The molecule has 0 radical (unpaired) electrons. The van der Waals surface area contributed by atoms with Crippen LogP contribution in [-0.2, 0) is 14.3 Å². The van der Waals surface area contributed by atoms with Crippen LogP contribution in [0.2, 0.25) is 0 Å². The first-order valence-electron chi connectivity index (χ1n) is 25.4. The van der Waals surface area contributed by atoms with Crippen LogP contribution in [0.5, 0.6) is 0 Å². The molecule has 0 aromatic heterocycles. The number of hydrogen-bond acceptors (Lipinski definition) is 5. The number of nitrogens with one attached hydrogen (secondary N) is 1. The van der Waals surface area contributed by atoms with Crippen molar-refractivity contribution in [1.29, 1.82) is 0 Å². The molecule has 57 heavy (non-hydrogen) atoms. The van der Waals surface area contributed by atoms with Crippen LogP contribution in [0.4, 0.5) is 0 Å². The number of carbonyl (C=O) groups excluding carboxylic acids is 2. The molecule has 0 rings (SSSR count). The molecular weight excluding hydrogens is 707 g/mol. The molecule has 6 nitrogen and oxygen atoms in total. The second-order valence-electron chi connectivity index (χ2n) is 17.6. The van der Waals surface area contributed by atoms with Gasteiger partial charge in [-0.1, -0.05) is 226 Å². The Kier molecular flexibility index (Phi) is 44.6. The molecule has 0 fully saturated rings. The van der Waals surface area contributed by atoms with Gasteiger partial charge in [0.2, 0.25) is 5.91 Å². The normalized spacial score (nSPS) is 13.3. The van der Waals surface area contributed by atoms with Crippen LogP contribution in [0.1, 0.15) is 278 Å². The van der Waals surface area contributed by atoms with Gasteiger partial charge in [-0.05, 0) is 51.4 Å². The smallest absolute Gasteiger partial charge is 0.306 e. The minimum atomic E-state index is -0.781. The molecule has 3 unspecified atom stereocenters. The lowest BCUT2D eigenvalue weighted by Crippen LogP contribution is -2.46. The molecular formula is C51H99NO5. The number of amides is 1. The van der Waals surface area contributed by atoms with Crippen molar-refractivity contribution in [2.75, 3.05) is 6.61 Å². The van der Waals surface area contributed by atoms with E-state index in [0.717, 1.165) is 51.4 Å². The number of aliphatic hydroxyl groups excluding tert-OH is 2. The number of aliphatic hydroxyl groups is 2. The van der Waals surface area contributed by atoms with Crippen LogP contribution in [0, 0.1) is 0 Å². The van der Waals surface area contributed by atoms with Crippen molar-refractivity contribution < 1.29 is 24.5 Å². The minimum absolute atomic E-state index is 0.0795. The van der Waals surface area contributed by atoms with E-state index in [1.807, 2.05) is 0 Å². The highest BCUT2D eigenvalue weighted by atomic mass is 16.5. The molecule has 0 aliphatic carbocycles. The molecule has 0 aromatic carbocycles. The highest BCUT2D eigenvalue weighted by molar-refractivity contribution is 5.77. The van der Waals surface area contributed by atoms with Gasteiger partial charge in [-0.25, -0.2) is 0 Å². The Bertz CT molecular complexity index is 863. The Hall–Kier alpha value is -1.40. The molecule has 1 amide bonds. The predicted octanol–water partition coefficient (Wildman–Crippen LogP) is 15.0. The first-order valence-corrected chi connectivity index (χ1v) is 25.4. The van der Waals surface area contributed by atoms with Crippen LogP contribution < -0.4 is 5.32 Å². The first-order chi connectivity index (χ1) is 28.0.